The number of ketones is 1. The van der Waals surface area contributed by atoms with Gasteiger partial charge in [-0.2, -0.15) is 0 Å². The van der Waals surface area contributed by atoms with E-state index in [4.69, 9.17) is 5.11 Å². The molecule has 0 spiro atoms. The van der Waals surface area contributed by atoms with Crippen LogP contribution in [0.15, 0.2) is 182 Å². The van der Waals surface area contributed by atoms with E-state index in [9.17, 15) is 39.9 Å². The molecule has 5 heterocycles. The molecule has 0 aliphatic rings. The third kappa shape index (κ3) is 26.8. The minimum absolute atomic E-state index is 0. The number of nitrogens with zero attached hydrogens (tertiary/aromatic N) is 5. The van der Waals surface area contributed by atoms with Gasteiger partial charge >= 0.3 is 0 Å². The number of rotatable bonds is 6. The molecular formula is C64H48F8Ir5N5O2-5. The molecule has 1 N–H and O–H groups in total. The normalized spacial score (nSPS) is 9.71. The van der Waals surface area contributed by atoms with Crippen molar-refractivity contribution in [1.29, 1.82) is 0 Å². The summed E-state index contributed by atoms with van der Waals surface area (Å²) in [4.78, 5) is 30.6. The first kappa shape index (κ1) is 77.7. The molecule has 0 atom stereocenters. The monoisotopic (exact) mass is 2040 g/mol. The van der Waals surface area contributed by atoms with Gasteiger partial charge in [0.25, 0.3) is 0 Å². The molecule has 0 unspecified atom stereocenters. The number of halogens is 8. The van der Waals surface area contributed by atoms with E-state index in [-0.39, 0.29) is 146 Å². The third-order valence-electron chi connectivity index (χ3n) is 10.2. The quantitative estimate of drug-likeness (QED) is 0.0582. The summed E-state index contributed by atoms with van der Waals surface area (Å²) in [5.41, 5.74) is 9.73. The van der Waals surface area contributed by atoms with Crippen LogP contribution in [-0.2, 0) is 105 Å². The summed E-state index contributed by atoms with van der Waals surface area (Å²) in [6.45, 7) is 10.6. The number of aryl methyl sites for hydroxylation is 4. The molecule has 5 radical (unpaired) electrons. The zero-order chi connectivity index (χ0) is 57.4. The van der Waals surface area contributed by atoms with Crippen molar-refractivity contribution in [2.75, 3.05) is 0 Å². The largest absolute Gasteiger partial charge is 0.512 e. The standard InChI is InChI=1S/C12H8F2N.3C12H9FN.C11H5F3N.C5H8O2.5Ir/c1-8-4-5-15-12(6-8)10-3-2-9(13)7-11(10)14;1-9-2-7-12(14-8-9)10-3-5-11(13)6-4-10;1-9-3-2-8-14-12(9)10-4-6-11(13)7-5-10;1-9-3-2-4-12(14-9)10-5-7-11(13)8-6-10;12-8-6-10(14)9(13)5-7(8)11-3-1-2-4-15-11;1-4(6)3-5(2)7;;;;;/h2,4-7H,1H3;2-3,5-8H,1H3;2-4,6-8H,1H3;2-5,7-8H,1H3;1-4,6H;3,6H,1-2H3;;;;;/q5*-1;;;;;;. The Labute approximate surface area is 550 Å². The molecule has 84 heavy (non-hydrogen) atoms. The molecule has 5 aromatic carbocycles. The number of carbonyl (C=O) groups is 1. The number of aromatic nitrogens is 5. The third-order valence-corrected chi connectivity index (χ3v) is 10.2. The molecule has 0 bridgehead atoms. The van der Waals surface area contributed by atoms with E-state index in [2.05, 4.69) is 49.2 Å². The van der Waals surface area contributed by atoms with E-state index in [1.54, 1.807) is 55.0 Å². The Morgan fingerprint density at radius 3 is 1.51 bits per heavy atom. The van der Waals surface area contributed by atoms with E-state index in [0.29, 0.717) is 11.8 Å². The van der Waals surface area contributed by atoms with Gasteiger partial charge in [0.1, 0.15) is 0 Å². The SMILES string of the molecule is CC(=O)C=C(C)O.Cc1ccc(-c2[c-]cc(F)cc2)nc1.Cc1cccc(-c2[c-]cc(F)cc2)n1.Cc1cccnc1-c1[c-]cc(F)cc1.Cc1ccnc(-c2[c-]cc(F)cc2F)c1.Fc1[c-]c(-c2ccccn2)c(F)cc1F.[Ir].[Ir].[Ir].[Ir].[Ir]. The molecule has 10 aromatic rings. The maximum Gasteiger partial charge on any atom is 0.155 e. The Morgan fingerprint density at radius 2 is 1.02 bits per heavy atom. The average Bonchev–Trinajstić information content (AvgIpc) is 3.44. The van der Waals surface area contributed by atoms with Crippen LogP contribution in [0.2, 0.25) is 0 Å². The van der Waals surface area contributed by atoms with Crippen LogP contribution >= 0.6 is 0 Å². The van der Waals surface area contributed by atoms with Crippen LogP contribution in [0.3, 0.4) is 0 Å². The topological polar surface area (TPSA) is 102 Å². The Balaban J connectivity index is 0.000000983. The summed E-state index contributed by atoms with van der Waals surface area (Å²) in [6.07, 6.45) is 7.69. The second kappa shape index (κ2) is 40.1. The van der Waals surface area contributed by atoms with Crippen LogP contribution in [0.4, 0.5) is 35.1 Å². The van der Waals surface area contributed by atoms with E-state index < -0.39 is 29.1 Å². The Bertz CT molecular complexity index is 3550. The summed E-state index contributed by atoms with van der Waals surface area (Å²) in [5.74, 6) is -5.52. The molecule has 5 aromatic heterocycles. The van der Waals surface area contributed by atoms with Crippen LogP contribution in [0.5, 0.6) is 0 Å². The molecule has 0 aliphatic heterocycles. The summed E-state index contributed by atoms with van der Waals surface area (Å²) in [7, 11) is 0. The van der Waals surface area contributed by atoms with Gasteiger partial charge in [0, 0.05) is 172 Å². The fraction of sp³-hybridized carbons (Fsp3) is 0.0938. The molecule has 0 aliphatic carbocycles. The Hall–Kier alpha value is -6.25. The van der Waals surface area contributed by atoms with Crippen molar-refractivity contribution in [3.05, 3.63) is 281 Å². The fourth-order valence-corrected chi connectivity index (χ4v) is 6.55. The van der Waals surface area contributed by atoms with E-state index in [1.807, 2.05) is 82.3 Å². The second-order valence-electron chi connectivity index (χ2n) is 16.8. The predicted molar refractivity (Wildman–Crippen MR) is 288 cm³/mol. The maximum absolute atomic E-state index is 13.4. The zero-order valence-electron chi connectivity index (χ0n) is 45.0. The fourth-order valence-electron chi connectivity index (χ4n) is 6.55. The molecule has 0 amide bonds. The van der Waals surface area contributed by atoms with Crippen molar-refractivity contribution in [3.63, 3.8) is 0 Å². The zero-order valence-corrected chi connectivity index (χ0v) is 57.0. The molecule has 7 nitrogen and oxygen atoms in total. The van der Waals surface area contributed by atoms with Crippen LogP contribution in [-0.4, -0.2) is 35.8 Å². The average molecular weight is 2030 g/mol. The summed E-state index contributed by atoms with van der Waals surface area (Å²) < 4.78 is 103. The number of hydrogen-bond donors (Lipinski definition) is 1. The van der Waals surface area contributed by atoms with Gasteiger partial charge in [-0.1, -0.05) is 89.0 Å². The second-order valence-corrected chi connectivity index (χ2v) is 16.8. The smallest absolute Gasteiger partial charge is 0.155 e. The first-order valence-electron chi connectivity index (χ1n) is 23.7. The van der Waals surface area contributed by atoms with Crippen LogP contribution in [0.1, 0.15) is 36.2 Å². The van der Waals surface area contributed by atoms with Crippen molar-refractivity contribution >= 4 is 5.78 Å². The van der Waals surface area contributed by atoms with Gasteiger partial charge in [-0.15, -0.1) is 102 Å². The van der Waals surface area contributed by atoms with Gasteiger partial charge in [-0.3, -0.25) is 35.5 Å². The predicted octanol–water partition coefficient (Wildman–Crippen LogP) is 16.1. The number of benzene rings is 5. The first-order valence-corrected chi connectivity index (χ1v) is 23.7. The van der Waals surface area contributed by atoms with Gasteiger partial charge < -0.3 is 30.0 Å². The molecular weight excluding hydrogens is 1980 g/mol. The minimum atomic E-state index is -1.26. The van der Waals surface area contributed by atoms with E-state index in [1.165, 1.54) is 68.6 Å². The molecule has 0 saturated heterocycles. The maximum atomic E-state index is 13.4. The Morgan fingerprint density at radius 1 is 0.464 bits per heavy atom. The van der Waals surface area contributed by atoms with Gasteiger partial charge in [0.2, 0.25) is 0 Å². The van der Waals surface area contributed by atoms with Crippen LogP contribution < -0.4 is 0 Å². The number of carbonyl (C=O) groups excluding carboxylic acids is 1. The van der Waals surface area contributed by atoms with Crippen molar-refractivity contribution in [3.8, 4) is 56.3 Å². The van der Waals surface area contributed by atoms with Crippen molar-refractivity contribution < 1.29 is 146 Å². The van der Waals surface area contributed by atoms with Crippen LogP contribution in [0.25, 0.3) is 56.3 Å². The molecule has 0 fully saturated rings. The number of pyridine rings is 5. The van der Waals surface area contributed by atoms with Gasteiger partial charge in [-0.25, -0.2) is 4.39 Å². The van der Waals surface area contributed by atoms with Crippen molar-refractivity contribution in [2.45, 2.75) is 41.5 Å². The Kier molecular flexibility index (Phi) is 37.1. The van der Waals surface area contributed by atoms with E-state index >= 15 is 0 Å². The van der Waals surface area contributed by atoms with Gasteiger partial charge in [-0.05, 0) is 99.8 Å². The van der Waals surface area contributed by atoms with Crippen molar-refractivity contribution in [1.82, 2.24) is 24.9 Å². The van der Waals surface area contributed by atoms with Gasteiger partial charge in [0.05, 0.1) is 17.4 Å². The summed E-state index contributed by atoms with van der Waals surface area (Å²) in [5, 5.41) is 8.36. The van der Waals surface area contributed by atoms with E-state index in [0.717, 1.165) is 68.3 Å². The molecule has 0 saturated carbocycles. The number of allylic oxidation sites excluding steroid dienone is 2. The van der Waals surface area contributed by atoms with Gasteiger partial charge in [0.15, 0.2) is 5.78 Å². The minimum Gasteiger partial charge on any atom is -0.512 e. The number of hydrogen-bond acceptors (Lipinski definition) is 7. The number of aliphatic hydroxyl groups is 1. The first-order chi connectivity index (χ1) is 37.8. The summed E-state index contributed by atoms with van der Waals surface area (Å²) in [6, 6.07) is 50.4. The van der Waals surface area contributed by atoms with Crippen LogP contribution in [0, 0.1) is 105 Å². The molecule has 10 rings (SSSR count). The molecule has 447 valence electrons. The molecule has 20 heteroatoms. The number of aliphatic hydroxyl groups excluding tert-OH is 1. The van der Waals surface area contributed by atoms with Crippen molar-refractivity contribution in [2.24, 2.45) is 0 Å². The summed E-state index contributed by atoms with van der Waals surface area (Å²) >= 11 is 0.